The quantitative estimate of drug-likeness (QED) is 0.798. The predicted octanol–water partition coefficient (Wildman–Crippen LogP) is 2.77. The largest absolute Gasteiger partial charge is 0.329 e. The van der Waals surface area contributed by atoms with Crippen molar-refractivity contribution in [2.24, 2.45) is 11.7 Å². The van der Waals surface area contributed by atoms with Crippen LogP contribution in [0.3, 0.4) is 0 Å². The fourth-order valence-electron chi connectivity index (χ4n) is 4.01. The molecule has 0 aromatic heterocycles. The van der Waals surface area contributed by atoms with Crippen LogP contribution in [-0.2, 0) is 0 Å². The van der Waals surface area contributed by atoms with Crippen molar-refractivity contribution in [3.8, 4) is 0 Å². The van der Waals surface area contributed by atoms with Gasteiger partial charge in [-0.15, -0.1) is 0 Å². The molecule has 94 valence electrons. The first-order valence-electron chi connectivity index (χ1n) is 7.18. The SMILES string of the molecule is CCC1CCCC(CN)(N2CCCC2C)C1. The van der Waals surface area contributed by atoms with E-state index in [1.54, 1.807) is 0 Å². The third-order valence-corrected chi connectivity index (χ3v) is 5.04. The van der Waals surface area contributed by atoms with Crippen LogP contribution in [0.25, 0.3) is 0 Å². The van der Waals surface area contributed by atoms with Gasteiger partial charge in [-0.1, -0.05) is 26.2 Å². The maximum absolute atomic E-state index is 6.16. The molecule has 1 aliphatic heterocycles. The molecule has 0 bridgehead atoms. The third-order valence-electron chi connectivity index (χ3n) is 5.04. The first-order chi connectivity index (χ1) is 7.72. The van der Waals surface area contributed by atoms with Crippen LogP contribution in [-0.4, -0.2) is 29.6 Å². The Morgan fingerprint density at radius 3 is 2.69 bits per heavy atom. The predicted molar refractivity (Wildman–Crippen MR) is 69.4 cm³/mol. The molecule has 1 heterocycles. The lowest BCUT2D eigenvalue weighted by Gasteiger charge is -2.48. The zero-order valence-electron chi connectivity index (χ0n) is 11.0. The van der Waals surface area contributed by atoms with Crippen molar-refractivity contribution in [2.45, 2.75) is 70.4 Å². The van der Waals surface area contributed by atoms with Gasteiger partial charge in [-0.25, -0.2) is 0 Å². The minimum Gasteiger partial charge on any atom is -0.329 e. The van der Waals surface area contributed by atoms with Crippen LogP contribution < -0.4 is 5.73 Å². The molecule has 2 aliphatic rings. The second kappa shape index (κ2) is 5.05. The van der Waals surface area contributed by atoms with Crippen LogP contribution in [0.4, 0.5) is 0 Å². The van der Waals surface area contributed by atoms with Crippen LogP contribution in [0.15, 0.2) is 0 Å². The lowest BCUT2D eigenvalue weighted by atomic mass is 9.73. The summed E-state index contributed by atoms with van der Waals surface area (Å²) in [6.45, 7) is 6.88. The molecular formula is C14H28N2. The highest BCUT2D eigenvalue weighted by molar-refractivity contribution is 4.99. The Morgan fingerprint density at radius 2 is 2.12 bits per heavy atom. The second-order valence-electron chi connectivity index (χ2n) is 5.98. The molecule has 0 aromatic carbocycles. The van der Waals surface area contributed by atoms with Crippen LogP contribution >= 0.6 is 0 Å². The van der Waals surface area contributed by atoms with E-state index < -0.39 is 0 Å². The molecule has 3 atom stereocenters. The average molecular weight is 224 g/mol. The summed E-state index contributed by atoms with van der Waals surface area (Å²) in [4.78, 5) is 2.74. The van der Waals surface area contributed by atoms with Crippen molar-refractivity contribution in [3.63, 3.8) is 0 Å². The van der Waals surface area contributed by atoms with E-state index in [-0.39, 0.29) is 0 Å². The van der Waals surface area contributed by atoms with Crippen molar-refractivity contribution in [1.82, 2.24) is 4.90 Å². The van der Waals surface area contributed by atoms with E-state index in [1.807, 2.05) is 0 Å². The molecule has 1 saturated carbocycles. The molecule has 0 spiro atoms. The number of rotatable bonds is 3. The highest BCUT2D eigenvalue weighted by Gasteiger charge is 2.42. The Bertz CT molecular complexity index is 229. The van der Waals surface area contributed by atoms with Gasteiger partial charge in [0.2, 0.25) is 0 Å². The van der Waals surface area contributed by atoms with Gasteiger partial charge >= 0.3 is 0 Å². The summed E-state index contributed by atoms with van der Waals surface area (Å²) in [6, 6.07) is 0.763. The van der Waals surface area contributed by atoms with Gasteiger partial charge < -0.3 is 5.73 Å². The van der Waals surface area contributed by atoms with Gasteiger partial charge in [-0.05, 0) is 45.1 Å². The molecule has 0 aromatic rings. The fraction of sp³-hybridized carbons (Fsp3) is 1.00. The van der Waals surface area contributed by atoms with Crippen molar-refractivity contribution >= 4 is 0 Å². The topological polar surface area (TPSA) is 29.3 Å². The highest BCUT2D eigenvalue weighted by Crippen LogP contribution is 2.40. The monoisotopic (exact) mass is 224 g/mol. The molecule has 2 fully saturated rings. The van der Waals surface area contributed by atoms with E-state index in [1.165, 1.54) is 51.5 Å². The molecule has 0 radical (unpaired) electrons. The summed E-state index contributed by atoms with van der Waals surface area (Å²) < 4.78 is 0. The van der Waals surface area contributed by atoms with Crippen molar-refractivity contribution in [2.75, 3.05) is 13.1 Å². The lowest BCUT2D eigenvalue weighted by molar-refractivity contribution is 0.0297. The van der Waals surface area contributed by atoms with Gasteiger partial charge in [0.25, 0.3) is 0 Å². The summed E-state index contributed by atoms with van der Waals surface area (Å²) in [6.07, 6.45) is 9.59. The molecular weight excluding hydrogens is 196 g/mol. The third kappa shape index (κ3) is 2.14. The van der Waals surface area contributed by atoms with E-state index >= 15 is 0 Å². The summed E-state index contributed by atoms with van der Waals surface area (Å²) in [5, 5.41) is 0. The standard InChI is InChI=1S/C14H28N2/c1-3-13-7-4-8-14(10-13,11-15)16-9-5-6-12(16)2/h12-13H,3-11,15H2,1-2H3. The van der Waals surface area contributed by atoms with Crippen molar-refractivity contribution in [1.29, 1.82) is 0 Å². The van der Waals surface area contributed by atoms with Crippen LogP contribution in [0, 0.1) is 5.92 Å². The van der Waals surface area contributed by atoms with Gasteiger partial charge in [-0.2, -0.15) is 0 Å². The van der Waals surface area contributed by atoms with E-state index in [0.29, 0.717) is 5.54 Å². The summed E-state index contributed by atoms with van der Waals surface area (Å²) in [7, 11) is 0. The Morgan fingerprint density at radius 1 is 1.31 bits per heavy atom. The summed E-state index contributed by atoms with van der Waals surface area (Å²) in [5.74, 6) is 0.921. The summed E-state index contributed by atoms with van der Waals surface area (Å²) >= 11 is 0. The minimum absolute atomic E-state index is 0.356. The molecule has 2 N–H and O–H groups in total. The van der Waals surface area contributed by atoms with Crippen molar-refractivity contribution in [3.05, 3.63) is 0 Å². The molecule has 2 rings (SSSR count). The Labute approximate surface area is 101 Å². The molecule has 1 saturated heterocycles. The zero-order chi connectivity index (χ0) is 11.6. The van der Waals surface area contributed by atoms with Gasteiger partial charge in [0.1, 0.15) is 0 Å². The highest BCUT2D eigenvalue weighted by atomic mass is 15.2. The lowest BCUT2D eigenvalue weighted by Crippen LogP contribution is -2.57. The normalized spacial score (nSPS) is 41.4. The van der Waals surface area contributed by atoms with Crippen LogP contribution in [0.2, 0.25) is 0 Å². The molecule has 1 aliphatic carbocycles. The average Bonchev–Trinajstić information content (AvgIpc) is 2.76. The van der Waals surface area contributed by atoms with Gasteiger partial charge in [0.05, 0.1) is 0 Å². The smallest absolute Gasteiger partial charge is 0.0337 e. The van der Waals surface area contributed by atoms with Gasteiger partial charge in [0, 0.05) is 18.1 Å². The minimum atomic E-state index is 0.356. The maximum atomic E-state index is 6.16. The zero-order valence-corrected chi connectivity index (χ0v) is 11.0. The van der Waals surface area contributed by atoms with E-state index in [0.717, 1.165) is 18.5 Å². The van der Waals surface area contributed by atoms with Crippen LogP contribution in [0.5, 0.6) is 0 Å². The van der Waals surface area contributed by atoms with Gasteiger partial charge in [-0.3, -0.25) is 4.90 Å². The first kappa shape index (κ1) is 12.4. The van der Waals surface area contributed by atoms with E-state index in [4.69, 9.17) is 5.73 Å². The summed E-state index contributed by atoms with van der Waals surface area (Å²) in [5.41, 5.74) is 6.51. The molecule has 0 amide bonds. The number of hydrogen-bond donors (Lipinski definition) is 1. The van der Waals surface area contributed by atoms with Crippen molar-refractivity contribution < 1.29 is 0 Å². The fourth-order valence-corrected chi connectivity index (χ4v) is 4.01. The number of nitrogens with two attached hydrogens (primary N) is 1. The Kier molecular flexibility index (Phi) is 3.91. The first-order valence-corrected chi connectivity index (χ1v) is 7.18. The van der Waals surface area contributed by atoms with Gasteiger partial charge in [0.15, 0.2) is 0 Å². The molecule has 16 heavy (non-hydrogen) atoms. The molecule has 2 heteroatoms. The second-order valence-corrected chi connectivity index (χ2v) is 5.98. The molecule has 3 unspecified atom stereocenters. The number of nitrogens with zero attached hydrogens (tertiary/aromatic N) is 1. The van der Waals surface area contributed by atoms with E-state index in [9.17, 15) is 0 Å². The molecule has 2 nitrogen and oxygen atoms in total. The Hall–Kier alpha value is -0.0800. The Balaban J connectivity index is 2.11. The number of likely N-dealkylation sites (tertiary alicyclic amines) is 1. The van der Waals surface area contributed by atoms with Crippen LogP contribution in [0.1, 0.15) is 58.8 Å². The maximum Gasteiger partial charge on any atom is 0.0337 e. The number of hydrogen-bond acceptors (Lipinski definition) is 2. The van der Waals surface area contributed by atoms with E-state index in [2.05, 4.69) is 18.7 Å².